The first-order valence-corrected chi connectivity index (χ1v) is 7.48. The Morgan fingerprint density at radius 3 is 2.95 bits per heavy atom. The van der Waals surface area contributed by atoms with Gasteiger partial charge < -0.3 is 20.1 Å². The van der Waals surface area contributed by atoms with Crippen LogP contribution in [0.1, 0.15) is 18.4 Å². The van der Waals surface area contributed by atoms with Crippen LogP contribution in [0.15, 0.2) is 24.3 Å². The topological polar surface area (TPSA) is 61.8 Å². The van der Waals surface area contributed by atoms with E-state index in [0.717, 1.165) is 30.7 Å². The third-order valence-electron chi connectivity index (χ3n) is 3.86. The highest BCUT2D eigenvalue weighted by Crippen LogP contribution is 2.19. The van der Waals surface area contributed by atoms with E-state index in [-0.39, 0.29) is 12.5 Å². The first kappa shape index (κ1) is 15.8. The molecule has 116 valence electrons. The number of hydrogen-bond donors (Lipinski definition) is 2. The van der Waals surface area contributed by atoms with Crippen LogP contribution in [0.2, 0.25) is 0 Å². The van der Waals surface area contributed by atoms with E-state index in [1.165, 1.54) is 0 Å². The van der Waals surface area contributed by atoms with Gasteiger partial charge in [0.15, 0.2) is 0 Å². The molecule has 1 aromatic carbocycles. The van der Waals surface area contributed by atoms with Gasteiger partial charge in [-0.15, -0.1) is 0 Å². The number of amides is 1. The number of carbonyl (C=O) groups excluding carboxylic acids is 1. The van der Waals surface area contributed by atoms with Crippen LogP contribution in [-0.2, 0) is 11.2 Å². The van der Waals surface area contributed by atoms with Gasteiger partial charge in [0.1, 0.15) is 5.75 Å². The van der Waals surface area contributed by atoms with Crippen molar-refractivity contribution in [3.8, 4) is 5.75 Å². The summed E-state index contributed by atoms with van der Waals surface area (Å²) < 4.78 is 5.29. The van der Waals surface area contributed by atoms with Crippen molar-refractivity contribution in [1.29, 1.82) is 0 Å². The third kappa shape index (κ3) is 4.44. The fourth-order valence-corrected chi connectivity index (χ4v) is 2.74. The molecule has 1 amide bonds. The number of nitrogens with one attached hydrogen (secondary N) is 1. The zero-order valence-electron chi connectivity index (χ0n) is 12.5. The van der Waals surface area contributed by atoms with Crippen molar-refractivity contribution < 1.29 is 14.6 Å². The van der Waals surface area contributed by atoms with Crippen LogP contribution in [0.25, 0.3) is 0 Å². The van der Waals surface area contributed by atoms with Crippen LogP contribution < -0.4 is 10.1 Å². The van der Waals surface area contributed by atoms with Crippen LogP contribution in [0.3, 0.4) is 0 Å². The molecule has 21 heavy (non-hydrogen) atoms. The predicted octanol–water partition coefficient (Wildman–Crippen LogP) is 0.811. The SMILES string of the molecule is COc1ccccc1CC(=O)N(CCO)CC1CCCN1. The second-order valence-corrected chi connectivity index (χ2v) is 5.35. The number of nitrogens with zero attached hydrogens (tertiary/aromatic N) is 1. The Balaban J connectivity index is 2.00. The molecule has 5 nitrogen and oxygen atoms in total. The molecule has 0 saturated carbocycles. The van der Waals surface area contributed by atoms with Crippen molar-refractivity contribution >= 4 is 5.91 Å². The Morgan fingerprint density at radius 2 is 2.29 bits per heavy atom. The molecule has 1 saturated heterocycles. The molecule has 0 spiro atoms. The monoisotopic (exact) mass is 292 g/mol. The summed E-state index contributed by atoms with van der Waals surface area (Å²) in [5.74, 6) is 0.760. The summed E-state index contributed by atoms with van der Waals surface area (Å²) >= 11 is 0. The summed E-state index contributed by atoms with van der Waals surface area (Å²) in [5, 5.41) is 12.6. The standard InChI is InChI=1S/C16H24N2O3/c1-21-15-7-3-2-5-13(15)11-16(20)18(9-10-19)12-14-6-4-8-17-14/h2-3,5,7,14,17,19H,4,6,8-12H2,1H3. The van der Waals surface area contributed by atoms with Crippen LogP contribution in [0, 0.1) is 0 Å². The minimum Gasteiger partial charge on any atom is -0.496 e. The van der Waals surface area contributed by atoms with Crippen molar-refractivity contribution in [1.82, 2.24) is 10.2 Å². The Morgan fingerprint density at radius 1 is 1.48 bits per heavy atom. The van der Waals surface area contributed by atoms with E-state index < -0.39 is 0 Å². The largest absolute Gasteiger partial charge is 0.496 e. The molecule has 1 aliphatic rings. The van der Waals surface area contributed by atoms with E-state index >= 15 is 0 Å². The third-order valence-corrected chi connectivity index (χ3v) is 3.86. The molecule has 0 bridgehead atoms. The average molecular weight is 292 g/mol. The molecule has 1 unspecified atom stereocenters. The fourth-order valence-electron chi connectivity index (χ4n) is 2.74. The maximum absolute atomic E-state index is 12.5. The van der Waals surface area contributed by atoms with Gasteiger partial charge in [0, 0.05) is 24.7 Å². The summed E-state index contributed by atoms with van der Waals surface area (Å²) in [5.41, 5.74) is 0.882. The summed E-state index contributed by atoms with van der Waals surface area (Å²) in [7, 11) is 1.61. The van der Waals surface area contributed by atoms with Gasteiger partial charge in [-0.1, -0.05) is 18.2 Å². The summed E-state index contributed by atoms with van der Waals surface area (Å²) in [4.78, 5) is 14.2. The molecule has 5 heteroatoms. The van der Waals surface area contributed by atoms with Crippen LogP contribution in [0.5, 0.6) is 5.75 Å². The molecule has 2 N–H and O–H groups in total. The van der Waals surface area contributed by atoms with Crippen LogP contribution in [0.4, 0.5) is 0 Å². The number of benzene rings is 1. The molecule has 1 fully saturated rings. The first-order chi connectivity index (χ1) is 10.2. The summed E-state index contributed by atoms with van der Waals surface area (Å²) in [6.45, 7) is 2.05. The highest BCUT2D eigenvalue weighted by Gasteiger charge is 2.21. The Bertz CT molecular complexity index is 459. The number of carbonyl (C=O) groups is 1. The highest BCUT2D eigenvalue weighted by atomic mass is 16.5. The maximum Gasteiger partial charge on any atom is 0.227 e. The Kier molecular flexibility index (Phi) is 6.02. The zero-order valence-corrected chi connectivity index (χ0v) is 12.5. The van der Waals surface area contributed by atoms with Crippen LogP contribution in [-0.4, -0.2) is 55.3 Å². The Hall–Kier alpha value is -1.59. The number of rotatable bonds is 7. The van der Waals surface area contributed by atoms with Gasteiger partial charge in [-0.05, 0) is 25.5 Å². The molecule has 2 rings (SSSR count). The van der Waals surface area contributed by atoms with Gasteiger partial charge in [-0.25, -0.2) is 0 Å². The lowest BCUT2D eigenvalue weighted by molar-refractivity contribution is -0.131. The summed E-state index contributed by atoms with van der Waals surface area (Å²) in [6, 6.07) is 7.90. The van der Waals surface area contributed by atoms with Crippen molar-refractivity contribution in [2.45, 2.75) is 25.3 Å². The lowest BCUT2D eigenvalue weighted by Crippen LogP contribution is -2.43. The maximum atomic E-state index is 12.5. The first-order valence-electron chi connectivity index (χ1n) is 7.48. The minimum absolute atomic E-state index is 0.00954. The molecule has 1 heterocycles. The molecule has 0 radical (unpaired) electrons. The number of aliphatic hydroxyl groups is 1. The van der Waals surface area contributed by atoms with Gasteiger partial charge in [0.05, 0.1) is 20.1 Å². The van der Waals surface area contributed by atoms with Crippen LogP contribution >= 0.6 is 0 Å². The molecule has 0 aromatic heterocycles. The zero-order chi connectivity index (χ0) is 15.1. The quantitative estimate of drug-likeness (QED) is 0.781. The number of para-hydroxylation sites is 1. The van der Waals surface area contributed by atoms with E-state index in [2.05, 4.69) is 5.32 Å². The van der Waals surface area contributed by atoms with Gasteiger partial charge in [-0.3, -0.25) is 4.79 Å². The van der Waals surface area contributed by atoms with E-state index in [4.69, 9.17) is 4.74 Å². The lowest BCUT2D eigenvalue weighted by atomic mass is 10.1. The molecular formula is C16H24N2O3. The highest BCUT2D eigenvalue weighted by molar-refractivity contribution is 5.79. The predicted molar refractivity (Wildman–Crippen MR) is 81.4 cm³/mol. The molecule has 1 aromatic rings. The van der Waals surface area contributed by atoms with Gasteiger partial charge >= 0.3 is 0 Å². The molecular weight excluding hydrogens is 268 g/mol. The van der Waals surface area contributed by atoms with E-state index in [1.54, 1.807) is 12.0 Å². The van der Waals surface area contributed by atoms with E-state index in [9.17, 15) is 9.90 Å². The minimum atomic E-state index is -0.00954. The van der Waals surface area contributed by atoms with Crippen molar-refractivity contribution in [2.24, 2.45) is 0 Å². The Labute approximate surface area is 125 Å². The molecule has 1 aliphatic heterocycles. The average Bonchev–Trinajstić information content (AvgIpc) is 3.00. The lowest BCUT2D eigenvalue weighted by Gasteiger charge is -2.25. The van der Waals surface area contributed by atoms with Gasteiger partial charge in [-0.2, -0.15) is 0 Å². The van der Waals surface area contributed by atoms with Crippen molar-refractivity contribution in [3.63, 3.8) is 0 Å². The number of ether oxygens (including phenoxy) is 1. The summed E-state index contributed by atoms with van der Waals surface area (Å²) in [6.07, 6.45) is 2.54. The normalized spacial score (nSPS) is 17.7. The van der Waals surface area contributed by atoms with Gasteiger partial charge in [0.2, 0.25) is 5.91 Å². The fraction of sp³-hybridized carbons (Fsp3) is 0.562. The van der Waals surface area contributed by atoms with Crippen molar-refractivity contribution in [3.05, 3.63) is 29.8 Å². The number of aliphatic hydroxyl groups excluding tert-OH is 1. The molecule has 0 aliphatic carbocycles. The smallest absolute Gasteiger partial charge is 0.227 e. The van der Waals surface area contributed by atoms with Crippen molar-refractivity contribution in [2.75, 3.05) is 33.4 Å². The van der Waals surface area contributed by atoms with Gasteiger partial charge in [0.25, 0.3) is 0 Å². The second kappa shape index (κ2) is 8.00. The number of methoxy groups -OCH3 is 1. The molecule has 1 atom stereocenters. The second-order valence-electron chi connectivity index (χ2n) is 5.35. The van der Waals surface area contributed by atoms with E-state index in [1.807, 2.05) is 24.3 Å². The number of hydrogen-bond acceptors (Lipinski definition) is 4. The van der Waals surface area contributed by atoms with E-state index in [0.29, 0.717) is 25.6 Å².